The largest absolute Gasteiger partial charge is 0.495 e. The third kappa shape index (κ3) is 4.62. The molecular formula is C21H21FN4O2. The molecule has 0 saturated heterocycles. The van der Waals surface area contributed by atoms with Crippen LogP contribution in [0.3, 0.4) is 0 Å². The van der Waals surface area contributed by atoms with Crippen molar-refractivity contribution in [2.45, 2.75) is 20.4 Å². The van der Waals surface area contributed by atoms with E-state index in [-0.39, 0.29) is 18.1 Å². The van der Waals surface area contributed by atoms with Crippen molar-refractivity contribution < 1.29 is 13.9 Å². The van der Waals surface area contributed by atoms with Crippen LogP contribution in [0.1, 0.15) is 27.4 Å². The highest BCUT2D eigenvalue weighted by molar-refractivity contribution is 5.93. The van der Waals surface area contributed by atoms with E-state index in [0.29, 0.717) is 23.0 Å². The summed E-state index contributed by atoms with van der Waals surface area (Å²) in [6.45, 7) is 3.74. The lowest BCUT2D eigenvalue weighted by Gasteiger charge is -2.13. The van der Waals surface area contributed by atoms with Gasteiger partial charge in [0.1, 0.15) is 28.9 Å². The summed E-state index contributed by atoms with van der Waals surface area (Å²) in [6.07, 6.45) is 0. The number of carbonyl (C=O) groups excluding carboxylic acids is 1. The van der Waals surface area contributed by atoms with E-state index < -0.39 is 5.91 Å². The number of hydrogen-bond donors (Lipinski definition) is 2. The molecule has 7 heteroatoms. The molecule has 28 heavy (non-hydrogen) atoms. The first-order valence-electron chi connectivity index (χ1n) is 8.75. The zero-order chi connectivity index (χ0) is 20.1. The van der Waals surface area contributed by atoms with Gasteiger partial charge in [-0.1, -0.05) is 24.3 Å². The highest BCUT2D eigenvalue weighted by Crippen LogP contribution is 2.28. The van der Waals surface area contributed by atoms with E-state index in [1.54, 1.807) is 38.3 Å². The van der Waals surface area contributed by atoms with Crippen molar-refractivity contribution in [3.63, 3.8) is 0 Å². The van der Waals surface area contributed by atoms with Crippen molar-refractivity contribution in [3.05, 3.63) is 77.0 Å². The number of benzene rings is 2. The van der Waals surface area contributed by atoms with E-state index in [1.807, 2.05) is 25.1 Å². The summed E-state index contributed by atoms with van der Waals surface area (Å²) in [5.41, 5.74) is 2.39. The second-order valence-corrected chi connectivity index (χ2v) is 6.29. The summed E-state index contributed by atoms with van der Waals surface area (Å²) in [7, 11) is 1.59. The number of hydrogen-bond acceptors (Lipinski definition) is 5. The SMILES string of the molecule is COc1ccc(C)cc1Nc1cc(C(=O)NCc2ccccc2F)nc(C)n1. The molecule has 1 amide bonds. The highest BCUT2D eigenvalue weighted by atomic mass is 19.1. The molecule has 1 aromatic heterocycles. The molecule has 3 rings (SSSR count). The van der Waals surface area contributed by atoms with Gasteiger partial charge in [0.2, 0.25) is 0 Å². The van der Waals surface area contributed by atoms with Crippen LogP contribution in [0.5, 0.6) is 5.75 Å². The van der Waals surface area contributed by atoms with Crippen molar-refractivity contribution in [1.82, 2.24) is 15.3 Å². The van der Waals surface area contributed by atoms with E-state index in [4.69, 9.17) is 4.74 Å². The molecule has 0 aliphatic carbocycles. The van der Waals surface area contributed by atoms with E-state index in [2.05, 4.69) is 20.6 Å². The van der Waals surface area contributed by atoms with Crippen LogP contribution >= 0.6 is 0 Å². The highest BCUT2D eigenvalue weighted by Gasteiger charge is 2.13. The molecule has 0 fully saturated rings. The third-order valence-corrected chi connectivity index (χ3v) is 4.09. The monoisotopic (exact) mass is 380 g/mol. The molecule has 3 aromatic rings. The molecule has 1 heterocycles. The molecule has 0 unspecified atom stereocenters. The van der Waals surface area contributed by atoms with Gasteiger partial charge in [-0.15, -0.1) is 0 Å². The van der Waals surface area contributed by atoms with Crippen molar-refractivity contribution in [1.29, 1.82) is 0 Å². The van der Waals surface area contributed by atoms with Gasteiger partial charge in [0.25, 0.3) is 5.91 Å². The number of nitrogens with one attached hydrogen (secondary N) is 2. The minimum absolute atomic E-state index is 0.0724. The summed E-state index contributed by atoms with van der Waals surface area (Å²) >= 11 is 0. The van der Waals surface area contributed by atoms with Gasteiger partial charge in [-0.2, -0.15) is 0 Å². The average molecular weight is 380 g/mol. The molecule has 0 aliphatic heterocycles. The van der Waals surface area contributed by atoms with Crippen molar-refractivity contribution in [3.8, 4) is 5.75 Å². The van der Waals surface area contributed by atoms with Crippen LogP contribution in [0.25, 0.3) is 0 Å². The lowest BCUT2D eigenvalue weighted by molar-refractivity contribution is 0.0945. The summed E-state index contributed by atoms with van der Waals surface area (Å²) in [4.78, 5) is 21.0. The second-order valence-electron chi connectivity index (χ2n) is 6.29. The molecule has 0 bridgehead atoms. The number of methoxy groups -OCH3 is 1. The topological polar surface area (TPSA) is 76.1 Å². The number of amides is 1. The average Bonchev–Trinajstić information content (AvgIpc) is 2.67. The number of carbonyl (C=O) groups is 1. The summed E-state index contributed by atoms with van der Waals surface area (Å²) in [6, 6.07) is 13.6. The normalized spacial score (nSPS) is 10.4. The van der Waals surface area contributed by atoms with Crippen LogP contribution in [0.15, 0.2) is 48.5 Å². The standard InChI is InChI=1S/C21H21FN4O2/c1-13-8-9-19(28-3)17(10-13)26-20-11-18(24-14(2)25-20)21(27)23-12-15-6-4-5-7-16(15)22/h4-11H,12H2,1-3H3,(H,23,27)(H,24,25,26). The van der Waals surface area contributed by atoms with Gasteiger partial charge in [-0.3, -0.25) is 4.79 Å². The zero-order valence-corrected chi connectivity index (χ0v) is 15.9. The fraction of sp³-hybridized carbons (Fsp3) is 0.190. The Balaban J connectivity index is 1.78. The first-order valence-corrected chi connectivity index (χ1v) is 8.75. The molecule has 144 valence electrons. The number of ether oxygens (including phenoxy) is 1. The number of aromatic nitrogens is 2. The fourth-order valence-electron chi connectivity index (χ4n) is 2.71. The first-order chi connectivity index (χ1) is 13.5. The van der Waals surface area contributed by atoms with Gasteiger partial charge < -0.3 is 15.4 Å². The smallest absolute Gasteiger partial charge is 0.270 e. The molecule has 0 spiro atoms. The van der Waals surface area contributed by atoms with Crippen LogP contribution < -0.4 is 15.4 Å². The maximum absolute atomic E-state index is 13.7. The van der Waals surface area contributed by atoms with Crippen LogP contribution in [0, 0.1) is 19.7 Å². The quantitative estimate of drug-likeness (QED) is 0.678. The maximum atomic E-state index is 13.7. The molecule has 0 radical (unpaired) electrons. The molecule has 0 saturated carbocycles. The van der Waals surface area contributed by atoms with Gasteiger partial charge in [0.05, 0.1) is 12.8 Å². The number of rotatable bonds is 6. The van der Waals surface area contributed by atoms with E-state index in [1.165, 1.54) is 6.07 Å². The van der Waals surface area contributed by atoms with Gasteiger partial charge in [0, 0.05) is 18.2 Å². The maximum Gasteiger partial charge on any atom is 0.270 e. The summed E-state index contributed by atoms with van der Waals surface area (Å²) < 4.78 is 19.1. The molecule has 2 N–H and O–H groups in total. The Hall–Kier alpha value is -3.48. The Bertz CT molecular complexity index is 1010. The van der Waals surface area contributed by atoms with E-state index in [9.17, 15) is 9.18 Å². The lowest BCUT2D eigenvalue weighted by atomic mass is 10.2. The van der Waals surface area contributed by atoms with Crippen LogP contribution in [0.2, 0.25) is 0 Å². The first kappa shape index (κ1) is 19.3. The van der Waals surface area contributed by atoms with Crippen LogP contribution in [-0.2, 0) is 6.54 Å². The summed E-state index contributed by atoms with van der Waals surface area (Å²) in [5, 5.41) is 5.85. The minimum atomic E-state index is -0.409. The predicted octanol–water partition coefficient (Wildman–Crippen LogP) is 3.91. The number of anilines is 2. The molecule has 0 atom stereocenters. The van der Waals surface area contributed by atoms with Gasteiger partial charge >= 0.3 is 0 Å². The van der Waals surface area contributed by atoms with Gasteiger partial charge in [0.15, 0.2) is 0 Å². The zero-order valence-electron chi connectivity index (χ0n) is 15.9. The lowest BCUT2D eigenvalue weighted by Crippen LogP contribution is -2.25. The van der Waals surface area contributed by atoms with E-state index in [0.717, 1.165) is 11.3 Å². The number of aryl methyl sites for hydroxylation is 2. The Labute approximate surface area is 162 Å². The number of halogens is 1. The molecule has 6 nitrogen and oxygen atoms in total. The van der Waals surface area contributed by atoms with E-state index >= 15 is 0 Å². The Morgan fingerprint density at radius 3 is 2.64 bits per heavy atom. The third-order valence-electron chi connectivity index (χ3n) is 4.09. The second kappa shape index (κ2) is 8.47. The number of nitrogens with zero attached hydrogens (tertiary/aromatic N) is 2. The van der Waals surface area contributed by atoms with Crippen molar-refractivity contribution in [2.75, 3.05) is 12.4 Å². The van der Waals surface area contributed by atoms with Crippen LogP contribution in [0.4, 0.5) is 15.9 Å². The van der Waals surface area contributed by atoms with Crippen molar-refractivity contribution >= 4 is 17.4 Å². The Morgan fingerprint density at radius 1 is 1.11 bits per heavy atom. The Kier molecular flexibility index (Phi) is 5.84. The molecule has 0 aliphatic rings. The molecular weight excluding hydrogens is 359 g/mol. The van der Waals surface area contributed by atoms with Crippen LogP contribution in [-0.4, -0.2) is 23.0 Å². The van der Waals surface area contributed by atoms with Crippen molar-refractivity contribution in [2.24, 2.45) is 0 Å². The molecule has 2 aromatic carbocycles. The van der Waals surface area contributed by atoms with Gasteiger partial charge in [-0.25, -0.2) is 14.4 Å². The van der Waals surface area contributed by atoms with Gasteiger partial charge in [-0.05, 0) is 37.6 Å². The Morgan fingerprint density at radius 2 is 1.89 bits per heavy atom. The predicted molar refractivity (Wildman–Crippen MR) is 105 cm³/mol. The fourth-order valence-corrected chi connectivity index (χ4v) is 2.71. The summed E-state index contributed by atoms with van der Waals surface area (Å²) in [5.74, 6) is 0.788. The minimum Gasteiger partial charge on any atom is -0.495 e.